The van der Waals surface area contributed by atoms with Crippen LogP contribution in [-0.2, 0) is 4.79 Å². The maximum absolute atomic E-state index is 13.0. The molecule has 8 nitrogen and oxygen atoms in total. The molecule has 3 heterocycles. The van der Waals surface area contributed by atoms with Gasteiger partial charge in [0.05, 0.1) is 11.9 Å². The number of hydrogen-bond acceptors (Lipinski definition) is 6. The van der Waals surface area contributed by atoms with E-state index < -0.39 is 6.09 Å². The highest BCUT2D eigenvalue weighted by atomic mass is 35.5. The van der Waals surface area contributed by atoms with Crippen LogP contribution in [0.3, 0.4) is 0 Å². The molecule has 2 aliphatic heterocycles. The third-order valence-corrected chi connectivity index (χ3v) is 7.39. The van der Waals surface area contributed by atoms with E-state index in [2.05, 4.69) is 27.3 Å². The summed E-state index contributed by atoms with van der Waals surface area (Å²) in [6.45, 7) is 3.34. The van der Waals surface area contributed by atoms with Gasteiger partial charge in [-0.1, -0.05) is 23.7 Å². The van der Waals surface area contributed by atoms with Crippen LogP contribution in [0, 0.1) is 23.1 Å². The highest BCUT2D eigenvalue weighted by molar-refractivity contribution is 6.30. The standard InChI is InChI=1S/C22H23ClN4O.C8H8FNO2/c23-19-3-1-16(2-4-19)18-9-12-27(15-18)22(28)17-7-10-26(11-8-17)21-6-5-20(13-24)25-14-21;1-10-8(11)12-7-4-2-6(9)3-5-7/h1-6,14,17-18H,7-12,15H2;2-5H,1H3,(H,10,11). The third kappa shape index (κ3) is 7.70. The van der Waals surface area contributed by atoms with Gasteiger partial charge in [-0.3, -0.25) is 4.79 Å². The Morgan fingerprint density at radius 3 is 2.33 bits per heavy atom. The van der Waals surface area contributed by atoms with E-state index in [1.54, 1.807) is 12.3 Å². The van der Waals surface area contributed by atoms with Gasteiger partial charge in [-0.05, 0) is 73.4 Å². The summed E-state index contributed by atoms with van der Waals surface area (Å²) in [6, 6.07) is 18.9. The van der Waals surface area contributed by atoms with Gasteiger partial charge in [-0.25, -0.2) is 14.2 Å². The molecule has 2 saturated heterocycles. The van der Waals surface area contributed by atoms with Crippen LogP contribution in [0.4, 0.5) is 14.9 Å². The minimum absolute atomic E-state index is 0.103. The van der Waals surface area contributed by atoms with Crippen molar-refractivity contribution >= 4 is 29.3 Å². The molecule has 2 aromatic carbocycles. The molecule has 0 radical (unpaired) electrons. The lowest BCUT2D eigenvalue weighted by Crippen LogP contribution is -2.41. The van der Waals surface area contributed by atoms with Crippen LogP contribution in [-0.4, -0.2) is 55.1 Å². The predicted octanol–water partition coefficient (Wildman–Crippen LogP) is 5.38. The third-order valence-electron chi connectivity index (χ3n) is 7.14. The van der Waals surface area contributed by atoms with Gasteiger partial charge in [0, 0.05) is 50.1 Å². The molecular weight excluding hydrogens is 533 g/mol. The van der Waals surface area contributed by atoms with Crippen molar-refractivity contribution in [2.75, 3.05) is 38.1 Å². The highest BCUT2D eigenvalue weighted by Crippen LogP contribution is 2.31. The summed E-state index contributed by atoms with van der Waals surface area (Å²) < 4.78 is 17.1. The van der Waals surface area contributed by atoms with E-state index in [9.17, 15) is 14.0 Å². The van der Waals surface area contributed by atoms with E-state index in [-0.39, 0.29) is 11.7 Å². The van der Waals surface area contributed by atoms with Crippen molar-refractivity contribution in [2.45, 2.75) is 25.2 Å². The summed E-state index contributed by atoms with van der Waals surface area (Å²) >= 11 is 5.98. The zero-order chi connectivity index (χ0) is 28.5. The molecule has 10 heteroatoms. The van der Waals surface area contributed by atoms with Crippen molar-refractivity contribution in [3.8, 4) is 11.8 Å². The van der Waals surface area contributed by atoms with Gasteiger partial charge < -0.3 is 19.9 Å². The van der Waals surface area contributed by atoms with Crippen molar-refractivity contribution in [1.29, 1.82) is 5.26 Å². The Labute approximate surface area is 238 Å². The number of amides is 2. The van der Waals surface area contributed by atoms with Gasteiger partial charge in [0.2, 0.25) is 5.91 Å². The monoisotopic (exact) mass is 563 g/mol. The Morgan fingerprint density at radius 1 is 1.02 bits per heavy atom. The maximum Gasteiger partial charge on any atom is 0.412 e. The molecule has 0 spiro atoms. The molecular formula is C30H31ClFN5O3. The van der Waals surface area contributed by atoms with Crippen LogP contribution in [0.1, 0.15) is 36.4 Å². The summed E-state index contributed by atoms with van der Waals surface area (Å²) in [7, 11) is 1.45. The number of aromatic nitrogens is 1. The van der Waals surface area contributed by atoms with Crippen LogP contribution in [0.5, 0.6) is 5.75 Å². The number of benzene rings is 2. The number of nitriles is 1. The van der Waals surface area contributed by atoms with Crippen molar-refractivity contribution in [1.82, 2.24) is 15.2 Å². The van der Waals surface area contributed by atoms with Crippen molar-refractivity contribution < 1.29 is 18.7 Å². The van der Waals surface area contributed by atoms with Crippen molar-refractivity contribution in [2.24, 2.45) is 5.92 Å². The topological polar surface area (TPSA) is 98.6 Å². The van der Waals surface area contributed by atoms with Gasteiger partial charge in [0.15, 0.2) is 0 Å². The lowest BCUT2D eigenvalue weighted by atomic mass is 9.95. The second-order valence-electron chi connectivity index (χ2n) is 9.69. The molecule has 0 bridgehead atoms. The van der Waals surface area contributed by atoms with Crippen molar-refractivity contribution in [3.05, 3.63) is 89.0 Å². The number of carbonyl (C=O) groups excluding carboxylic acids is 2. The fraction of sp³-hybridized carbons (Fsp3) is 0.333. The quantitative estimate of drug-likeness (QED) is 0.457. The van der Waals surface area contributed by atoms with E-state index in [1.165, 1.54) is 36.9 Å². The molecule has 1 N–H and O–H groups in total. The Kier molecular flexibility index (Phi) is 9.92. The zero-order valence-corrected chi connectivity index (χ0v) is 23.0. The fourth-order valence-corrected chi connectivity index (χ4v) is 5.04. The summed E-state index contributed by atoms with van der Waals surface area (Å²) in [5, 5.41) is 11.9. The molecule has 1 aromatic heterocycles. The number of ether oxygens (including phenoxy) is 1. The lowest BCUT2D eigenvalue weighted by molar-refractivity contribution is -0.135. The molecule has 5 rings (SSSR count). The molecule has 3 aromatic rings. The van der Waals surface area contributed by atoms with E-state index in [0.29, 0.717) is 23.3 Å². The van der Waals surface area contributed by atoms with Gasteiger partial charge in [0.1, 0.15) is 23.3 Å². The second kappa shape index (κ2) is 13.8. The number of nitrogens with zero attached hydrogens (tertiary/aromatic N) is 4. The average Bonchev–Trinajstić information content (AvgIpc) is 3.49. The van der Waals surface area contributed by atoms with Gasteiger partial charge in [-0.15, -0.1) is 0 Å². The number of piperidine rings is 1. The number of rotatable bonds is 4. The molecule has 40 heavy (non-hydrogen) atoms. The van der Waals surface area contributed by atoms with Crippen LogP contribution in [0.2, 0.25) is 5.02 Å². The van der Waals surface area contributed by atoms with Gasteiger partial charge in [-0.2, -0.15) is 5.26 Å². The molecule has 2 amide bonds. The van der Waals surface area contributed by atoms with Crippen molar-refractivity contribution in [3.63, 3.8) is 0 Å². The van der Waals surface area contributed by atoms with Crippen LogP contribution < -0.4 is 15.0 Å². The number of carbonyl (C=O) groups is 2. The number of anilines is 1. The Hall–Kier alpha value is -4.16. The molecule has 1 atom stereocenters. The zero-order valence-electron chi connectivity index (χ0n) is 22.2. The fourth-order valence-electron chi connectivity index (χ4n) is 4.91. The first-order valence-electron chi connectivity index (χ1n) is 13.2. The Morgan fingerprint density at radius 2 is 1.73 bits per heavy atom. The lowest BCUT2D eigenvalue weighted by Gasteiger charge is -2.34. The number of nitrogens with one attached hydrogen (secondary N) is 1. The van der Waals surface area contributed by atoms with Crippen LogP contribution >= 0.6 is 11.6 Å². The molecule has 2 fully saturated rings. The number of likely N-dealkylation sites (tertiary alicyclic amines) is 1. The smallest absolute Gasteiger partial charge is 0.410 e. The molecule has 2 aliphatic rings. The normalized spacial score (nSPS) is 16.9. The van der Waals surface area contributed by atoms with E-state index in [0.717, 1.165) is 56.2 Å². The number of halogens is 2. The first kappa shape index (κ1) is 28.8. The minimum Gasteiger partial charge on any atom is -0.410 e. The van der Waals surface area contributed by atoms with Crippen LogP contribution in [0.25, 0.3) is 0 Å². The average molecular weight is 564 g/mol. The molecule has 1 unspecified atom stereocenters. The SMILES string of the molecule is CNC(=O)Oc1ccc(F)cc1.N#Cc1ccc(N2CCC(C(=O)N3CCC(c4ccc(Cl)cc4)C3)CC2)cn1. The minimum atomic E-state index is -0.568. The molecule has 208 valence electrons. The largest absolute Gasteiger partial charge is 0.412 e. The highest BCUT2D eigenvalue weighted by Gasteiger charge is 2.33. The summed E-state index contributed by atoms with van der Waals surface area (Å²) in [5.41, 5.74) is 2.72. The second-order valence-corrected chi connectivity index (χ2v) is 10.1. The van der Waals surface area contributed by atoms with E-state index in [4.69, 9.17) is 21.6 Å². The maximum atomic E-state index is 13.0. The number of pyridine rings is 1. The summed E-state index contributed by atoms with van der Waals surface area (Å²) in [4.78, 5) is 32.1. The molecule has 0 aliphatic carbocycles. The first-order valence-corrected chi connectivity index (χ1v) is 13.5. The molecule has 0 saturated carbocycles. The predicted molar refractivity (Wildman–Crippen MR) is 151 cm³/mol. The number of hydrogen-bond donors (Lipinski definition) is 1. The van der Waals surface area contributed by atoms with Gasteiger partial charge >= 0.3 is 6.09 Å². The van der Waals surface area contributed by atoms with Gasteiger partial charge in [0.25, 0.3) is 0 Å². The first-order chi connectivity index (χ1) is 19.4. The Bertz CT molecular complexity index is 1320. The van der Waals surface area contributed by atoms with E-state index in [1.807, 2.05) is 29.2 Å². The van der Waals surface area contributed by atoms with Crippen LogP contribution in [0.15, 0.2) is 66.9 Å². The Balaban J connectivity index is 0.000000259. The summed E-state index contributed by atoms with van der Waals surface area (Å²) in [5.74, 6) is 0.765. The summed E-state index contributed by atoms with van der Waals surface area (Å²) in [6.07, 6.45) is 3.92. The van der Waals surface area contributed by atoms with E-state index >= 15 is 0 Å².